The highest BCUT2D eigenvalue weighted by Crippen LogP contribution is 2.70. The van der Waals surface area contributed by atoms with Crippen molar-refractivity contribution in [2.45, 2.75) is 127 Å². The summed E-state index contributed by atoms with van der Waals surface area (Å²) in [6.45, 7) is 6.33. The average molecular weight is 537 g/mol. The van der Waals surface area contributed by atoms with Gasteiger partial charge in [-0.3, -0.25) is 0 Å². The zero-order valence-corrected chi connectivity index (χ0v) is 22.7. The van der Waals surface area contributed by atoms with E-state index in [0.717, 1.165) is 37.7 Å². The van der Waals surface area contributed by atoms with Gasteiger partial charge in [0.05, 0.1) is 23.4 Å². The SMILES string of the molecule is CC1O[C@@H](O[C@H]2CC[C@]3(C)C4CC[C@]5(C)[C@@H](C6=CC(=O)OC6)CC[C@]5(O)C4CC[C@]3(O)C2)C(O)C(O)[C@@H]1O. The van der Waals surface area contributed by atoms with Crippen LogP contribution in [0.3, 0.4) is 0 Å². The van der Waals surface area contributed by atoms with Crippen LogP contribution in [0, 0.1) is 28.6 Å². The Hall–Kier alpha value is -1.07. The maximum absolute atomic E-state index is 12.4. The third-order valence-electron chi connectivity index (χ3n) is 12.2. The summed E-state index contributed by atoms with van der Waals surface area (Å²) in [5.74, 6) is 0.0978. The van der Waals surface area contributed by atoms with Gasteiger partial charge in [0, 0.05) is 17.9 Å². The van der Waals surface area contributed by atoms with Crippen molar-refractivity contribution < 1.29 is 44.5 Å². The van der Waals surface area contributed by atoms with Crippen molar-refractivity contribution in [3.63, 3.8) is 0 Å². The van der Waals surface area contributed by atoms with Crippen LogP contribution in [0.5, 0.6) is 0 Å². The minimum Gasteiger partial charge on any atom is -0.458 e. The molecule has 6 aliphatic rings. The summed E-state index contributed by atoms with van der Waals surface area (Å²) in [5.41, 5.74) is -1.51. The molecule has 0 bridgehead atoms. The van der Waals surface area contributed by atoms with Gasteiger partial charge in [-0.1, -0.05) is 13.8 Å². The molecule has 9 nitrogen and oxygen atoms in total. The normalized spacial score (nSPS) is 56.5. The molecule has 214 valence electrons. The van der Waals surface area contributed by atoms with Crippen molar-refractivity contribution in [1.82, 2.24) is 0 Å². The lowest BCUT2D eigenvalue weighted by Gasteiger charge is -2.66. The molecule has 4 saturated carbocycles. The lowest BCUT2D eigenvalue weighted by Crippen LogP contribution is -2.67. The molecule has 2 heterocycles. The smallest absolute Gasteiger partial charge is 0.331 e. The van der Waals surface area contributed by atoms with Crippen LogP contribution < -0.4 is 0 Å². The molecule has 6 rings (SSSR count). The third-order valence-corrected chi connectivity index (χ3v) is 12.2. The Morgan fingerprint density at radius 2 is 1.61 bits per heavy atom. The molecule has 0 spiro atoms. The van der Waals surface area contributed by atoms with Gasteiger partial charge in [-0.25, -0.2) is 4.79 Å². The lowest BCUT2D eigenvalue weighted by atomic mass is 9.42. The Balaban J connectivity index is 1.19. The van der Waals surface area contributed by atoms with Crippen molar-refractivity contribution in [3.8, 4) is 0 Å². The molecule has 2 aliphatic heterocycles. The number of aliphatic hydroxyl groups excluding tert-OH is 3. The number of hydrogen-bond acceptors (Lipinski definition) is 9. The summed E-state index contributed by atoms with van der Waals surface area (Å²) in [6.07, 6.45) is 2.01. The quantitative estimate of drug-likeness (QED) is 0.268. The van der Waals surface area contributed by atoms with Crippen LogP contribution >= 0.6 is 0 Å². The second kappa shape index (κ2) is 8.96. The summed E-state index contributed by atoms with van der Waals surface area (Å²) in [6, 6.07) is 0. The highest BCUT2D eigenvalue weighted by Gasteiger charge is 2.70. The van der Waals surface area contributed by atoms with Crippen LogP contribution in [0.25, 0.3) is 0 Å². The van der Waals surface area contributed by atoms with Gasteiger partial charge in [0.25, 0.3) is 0 Å². The molecule has 4 aliphatic carbocycles. The number of carbonyl (C=O) groups excluding carboxylic acids is 1. The average Bonchev–Trinajstić information content (AvgIpc) is 3.41. The minimum atomic E-state index is -1.36. The maximum Gasteiger partial charge on any atom is 0.331 e. The van der Waals surface area contributed by atoms with Gasteiger partial charge in [0.15, 0.2) is 6.29 Å². The first-order chi connectivity index (χ1) is 17.8. The van der Waals surface area contributed by atoms with Crippen LogP contribution in [0.1, 0.15) is 78.6 Å². The zero-order valence-electron chi connectivity index (χ0n) is 22.7. The number of hydrogen-bond donors (Lipinski definition) is 5. The fourth-order valence-electron chi connectivity index (χ4n) is 9.80. The van der Waals surface area contributed by atoms with Crippen LogP contribution in [0.4, 0.5) is 0 Å². The van der Waals surface area contributed by atoms with Crippen molar-refractivity contribution in [2.75, 3.05) is 6.61 Å². The summed E-state index contributed by atoms with van der Waals surface area (Å²) < 4.78 is 17.0. The van der Waals surface area contributed by atoms with Gasteiger partial charge in [0.1, 0.15) is 24.9 Å². The fraction of sp³-hybridized carbons (Fsp3) is 0.897. The summed E-state index contributed by atoms with van der Waals surface area (Å²) in [4.78, 5) is 11.8. The van der Waals surface area contributed by atoms with E-state index in [4.69, 9.17) is 14.2 Å². The number of fused-ring (bicyclic) bond motifs is 5. The van der Waals surface area contributed by atoms with E-state index in [1.165, 1.54) is 0 Å². The summed E-state index contributed by atoms with van der Waals surface area (Å²) >= 11 is 0. The first-order valence-corrected chi connectivity index (χ1v) is 14.5. The third kappa shape index (κ3) is 3.65. The van der Waals surface area contributed by atoms with Gasteiger partial charge in [0.2, 0.25) is 0 Å². The van der Waals surface area contributed by atoms with E-state index in [0.29, 0.717) is 32.3 Å². The number of esters is 1. The summed E-state index contributed by atoms with van der Waals surface area (Å²) in [7, 11) is 0. The molecule has 0 radical (unpaired) electrons. The van der Waals surface area contributed by atoms with Crippen molar-refractivity contribution in [2.24, 2.45) is 28.6 Å². The largest absolute Gasteiger partial charge is 0.458 e. The minimum absolute atomic E-state index is 0.0774. The number of carbonyl (C=O) groups is 1. The van der Waals surface area contributed by atoms with Gasteiger partial charge < -0.3 is 39.7 Å². The Morgan fingerprint density at radius 3 is 2.32 bits per heavy atom. The Kier molecular flexibility index (Phi) is 6.40. The van der Waals surface area contributed by atoms with Crippen LogP contribution in [-0.2, 0) is 19.0 Å². The van der Waals surface area contributed by atoms with E-state index < -0.39 is 41.9 Å². The molecule has 13 atom stereocenters. The Labute approximate surface area is 224 Å². The molecule has 5 fully saturated rings. The second-order valence-electron chi connectivity index (χ2n) is 13.7. The van der Waals surface area contributed by atoms with Gasteiger partial charge >= 0.3 is 5.97 Å². The predicted molar refractivity (Wildman–Crippen MR) is 134 cm³/mol. The molecular formula is C29H44O9. The van der Waals surface area contributed by atoms with Crippen molar-refractivity contribution in [1.29, 1.82) is 0 Å². The number of rotatable bonds is 3. The molecule has 5 N–H and O–H groups in total. The zero-order chi connectivity index (χ0) is 27.3. The van der Waals surface area contributed by atoms with E-state index in [2.05, 4.69) is 13.8 Å². The van der Waals surface area contributed by atoms with Gasteiger partial charge in [-0.15, -0.1) is 0 Å². The first kappa shape index (κ1) is 27.1. The van der Waals surface area contributed by atoms with Crippen molar-refractivity contribution in [3.05, 3.63) is 11.6 Å². The first-order valence-electron chi connectivity index (χ1n) is 14.5. The molecule has 0 aromatic heterocycles. The predicted octanol–water partition coefficient (Wildman–Crippen LogP) is 1.57. The van der Waals surface area contributed by atoms with E-state index in [1.54, 1.807) is 13.0 Å². The molecule has 9 heteroatoms. The van der Waals surface area contributed by atoms with E-state index >= 15 is 0 Å². The maximum atomic E-state index is 12.4. The molecule has 0 aromatic carbocycles. The second-order valence-corrected chi connectivity index (χ2v) is 13.7. The summed E-state index contributed by atoms with van der Waals surface area (Å²) in [5, 5.41) is 55.1. The Morgan fingerprint density at radius 1 is 0.895 bits per heavy atom. The van der Waals surface area contributed by atoms with Crippen molar-refractivity contribution >= 4 is 5.97 Å². The number of cyclic esters (lactones) is 1. The van der Waals surface area contributed by atoms with Gasteiger partial charge in [-0.2, -0.15) is 0 Å². The van der Waals surface area contributed by atoms with Gasteiger partial charge in [-0.05, 0) is 87.0 Å². The van der Waals surface area contributed by atoms with E-state index in [1.807, 2.05) is 0 Å². The van der Waals surface area contributed by atoms with Crippen LogP contribution in [0.2, 0.25) is 0 Å². The molecule has 0 amide bonds. The topological polar surface area (TPSA) is 146 Å². The number of ether oxygens (including phenoxy) is 3. The van der Waals surface area contributed by atoms with Crippen LogP contribution in [0.15, 0.2) is 11.6 Å². The molecular weight excluding hydrogens is 492 g/mol. The van der Waals surface area contributed by atoms with E-state index in [9.17, 15) is 30.3 Å². The lowest BCUT2D eigenvalue weighted by molar-refractivity contribution is -0.319. The highest BCUT2D eigenvalue weighted by atomic mass is 16.7. The molecule has 38 heavy (non-hydrogen) atoms. The molecule has 5 unspecified atom stereocenters. The molecule has 1 saturated heterocycles. The number of aliphatic hydroxyl groups is 5. The standard InChI is InChI=1S/C29H44O9/c1-15-22(31)23(32)24(33)25(37-15)38-17-4-8-26(2)19-5-9-27(3)18(16-12-21(30)36-14-16)7-11-29(27,35)20(19)6-10-28(26,34)13-17/h12,15,17-20,22-25,31-35H,4-11,13-14H2,1-3H3/t15?,17-,18+,19?,20?,22+,23?,24?,25-,26+,27+,28-,29-/m0/s1. The van der Waals surface area contributed by atoms with E-state index in [-0.39, 0.29) is 40.7 Å². The molecule has 0 aromatic rings. The fourth-order valence-corrected chi connectivity index (χ4v) is 9.80. The Bertz CT molecular complexity index is 1000. The van der Waals surface area contributed by atoms with Crippen LogP contribution in [-0.4, -0.2) is 86.1 Å². The monoisotopic (exact) mass is 536 g/mol. The highest BCUT2D eigenvalue weighted by molar-refractivity contribution is 5.85.